The Morgan fingerprint density at radius 2 is 2.26 bits per heavy atom. The topological polar surface area (TPSA) is 67.8 Å². The number of halogens is 1. The van der Waals surface area contributed by atoms with Crippen LogP contribution in [0.2, 0.25) is 0 Å². The quantitative estimate of drug-likeness (QED) is 0.387. The van der Waals surface area contributed by atoms with Gasteiger partial charge in [0.1, 0.15) is 12.4 Å². The summed E-state index contributed by atoms with van der Waals surface area (Å²) in [6, 6.07) is 7.43. The molecule has 0 aliphatic carbocycles. The highest BCUT2D eigenvalue weighted by atomic mass is 79.9. The van der Waals surface area contributed by atoms with Crippen molar-refractivity contribution in [2.75, 3.05) is 0 Å². The molecule has 0 unspecified atom stereocenters. The van der Waals surface area contributed by atoms with E-state index >= 15 is 0 Å². The van der Waals surface area contributed by atoms with E-state index < -0.39 is 0 Å². The largest absolute Gasteiger partial charge is 0.488 e. The number of benzene rings is 1. The second-order valence-electron chi connectivity index (χ2n) is 3.95. The van der Waals surface area contributed by atoms with E-state index in [1.165, 1.54) is 0 Å². The number of rotatable bonds is 4. The average Bonchev–Trinajstić information content (AvgIpc) is 2.82. The third kappa shape index (κ3) is 3.27. The number of hydrogen-bond acceptors (Lipinski definition) is 4. The maximum Gasteiger partial charge on any atom is 0.170 e. The molecule has 2 aromatic rings. The Balaban J connectivity index is 2.18. The normalized spacial score (nSPS) is 11.6. The molecule has 19 heavy (non-hydrogen) atoms. The second-order valence-corrected chi connectivity index (χ2v) is 5.80. The predicted octanol–water partition coefficient (Wildman–Crippen LogP) is 3.49. The van der Waals surface area contributed by atoms with Crippen molar-refractivity contribution in [1.82, 2.24) is 0 Å². The molecular formula is C13H13BrN2O2S. The van der Waals surface area contributed by atoms with Crippen LogP contribution in [-0.2, 0) is 6.61 Å². The summed E-state index contributed by atoms with van der Waals surface area (Å²) in [6.07, 6.45) is 0. The van der Waals surface area contributed by atoms with Crippen LogP contribution in [-0.4, -0.2) is 11.0 Å². The highest BCUT2D eigenvalue weighted by Crippen LogP contribution is 2.26. The van der Waals surface area contributed by atoms with Crippen LogP contribution >= 0.6 is 27.3 Å². The van der Waals surface area contributed by atoms with Crippen LogP contribution < -0.4 is 10.5 Å². The Morgan fingerprint density at radius 1 is 1.47 bits per heavy atom. The third-order valence-corrected chi connectivity index (χ3v) is 4.54. The zero-order valence-corrected chi connectivity index (χ0v) is 12.7. The second kappa shape index (κ2) is 6.08. The van der Waals surface area contributed by atoms with Gasteiger partial charge in [0.2, 0.25) is 0 Å². The molecule has 0 radical (unpaired) electrons. The van der Waals surface area contributed by atoms with Crippen LogP contribution in [0.4, 0.5) is 0 Å². The monoisotopic (exact) mass is 340 g/mol. The van der Waals surface area contributed by atoms with Crippen molar-refractivity contribution in [1.29, 1.82) is 0 Å². The number of oxime groups is 1. The number of ether oxygens (including phenoxy) is 1. The summed E-state index contributed by atoms with van der Waals surface area (Å²) in [6.45, 7) is 2.44. The van der Waals surface area contributed by atoms with Gasteiger partial charge in [-0.15, -0.1) is 11.3 Å². The van der Waals surface area contributed by atoms with Gasteiger partial charge < -0.3 is 15.7 Å². The first-order valence-electron chi connectivity index (χ1n) is 5.55. The minimum Gasteiger partial charge on any atom is -0.488 e. The van der Waals surface area contributed by atoms with Crippen molar-refractivity contribution in [3.8, 4) is 5.75 Å². The zero-order chi connectivity index (χ0) is 13.8. The minimum absolute atomic E-state index is 0.0714. The maximum absolute atomic E-state index is 8.68. The van der Waals surface area contributed by atoms with E-state index in [4.69, 9.17) is 15.7 Å². The van der Waals surface area contributed by atoms with E-state index in [-0.39, 0.29) is 5.84 Å². The molecule has 0 bridgehead atoms. The lowest BCUT2D eigenvalue weighted by molar-refractivity contribution is 0.306. The first-order chi connectivity index (χ1) is 9.11. The molecule has 0 atom stereocenters. The molecular weight excluding hydrogens is 328 g/mol. The van der Waals surface area contributed by atoms with Gasteiger partial charge >= 0.3 is 0 Å². The molecule has 4 nitrogen and oxygen atoms in total. The van der Waals surface area contributed by atoms with Crippen LogP contribution in [0, 0.1) is 6.92 Å². The molecule has 0 aliphatic heterocycles. The van der Waals surface area contributed by atoms with Gasteiger partial charge in [-0.2, -0.15) is 0 Å². The van der Waals surface area contributed by atoms with Gasteiger partial charge in [0.05, 0.1) is 4.88 Å². The van der Waals surface area contributed by atoms with Gasteiger partial charge in [-0.3, -0.25) is 0 Å². The summed E-state index contributed by atoms with van der Waals surface area (Å²) < 4.78 is 6.83. The molecule has 6 heteroatoms. The van der Waals surface area contributed by atoms with Gasteiger partial charge in [0, 0.05) is 10.0 Å². The lowest BCUT2D eigenvalue weighted by atomic mass is 10.1. The first-order valence-corrected chi connectivity index (χ1v) is 7.22. The number of thiophene rings is 1. The van der Waals surface area contributed by atoms with E-state index in [0.29, 0.717) is 12.2 Å². The van der Waals surface area contributed by atoms with E-state index in [9.17, 15) is 0 Å². The fourth-order valence-electron chi connectivity index (χ4n) is 1.54. The summed E-state index contributed by atoms with van der Waals surface area (Å²) in [5.74, 6) is 0.798. The van der Waals surface area contributed by atoms with Crippen LogP contribution in [0.5, 0.6) is 5.75 Å². The SMILES string of the molecule is Cc1ccc(/C(N)=N/O)cc1OCc1sccc1Br. The van der Waals surface area contributed by atoms with Crippen molar-refractivity contribution in [2.24, 2.45) is 10.9 Å². The molecule has 1 aromatic carbocycles. The number of hydrogen-bond donors (Lipinski definition) is 2. The summed E-state index contributed by atoms with van der Waals surface area (Å²) in [5.41, 5.74) is 7.20. The van der Waals surface area contributed by atoms with Crippen molar-refractivity contribution < 1.29 is 9.94 Å². The summed E-state index contributed by atoms with van der Waals surface area (Å²) in [5, 5.41) is 13.7. The van der Waals surface area contributed by atoms with Crippen LogP contribution in [0.1, 0.15) is 16.0 Å². The van der Waals surface area contributed by atoms with Crippen LogP contribution in [0.25, 0.3) is 0 Å². The fourth-order valence-corrected chi connectivity index (χ4v) is 2.92. The molecule has 1 heterocycles. The Morgan fingerprint density at radius 3 is 2.89 bits per heavy atom. The molecule has 2 rings (SSSR count). The molecule has 0 aliphatic rings. The number of amidine groups is 1. The minimum atomic E-state index is 0.0714. The van der Waals surface area contributed by atoms with Crippen molar-refractivity contribution in [3.05, 3.63) is 50.1 Å². The Bertz CT molecular complexity index is 610. The van der Waals surface area contributed by atoms with Gasteiger partial charge in [-0.25, -0.2) is 0 Å². The highest BCUT2D eigenvalue weighted by molar-refractivity contribution is 9.10. The van der Waals surface area contributed by atoms with Crippen LogP contribution in [0.15, 0.2) is 39.3 Å². The van der Waals surface area contributed by atoms with Gasteiger partial charge in [0.25, 0.3) is 0 Å². The van der Waals surface area contributed by atoms with E-state index in [1.54, 1.807) is 23.5 Å². The highest BCUT2D eigenvalue weighted by Gasteiger charge is 2.07. The molecule has 100 valence electrons. The Kier molecular flexibility index (Phi) is 4.44. The van der Waals surface area contributed by atoms with Crippen LogP contribution in [0.3, 0.4) is 0 Å². The van der Waals surface area contributed by atoms with E-state index in [1.807, 2.05) is 24.4 Å². The van der Waals surface area contributed by atoms with Crippen molar-refractivity contribution in [2.45, 2.75) is 13.5 Å². The average molecular weight is 341 g/mol. The maximum atomic E-state index is 8.68. The van der Waals surface area contributed by atoms with Gasteiger partial charge in [0.15, 0.2) is 5.84 Å². The molecule has 0 amide bonds. The van der Waals surface area contributed by atoms with Crippen molar-refractivity contribution in [3.63, 3.8) is 0 Å². The molecule has 0 saturated heterocycles. The first kappa shape index (κ1) is 13.9. The number of aryl methyl sites for hydroxylation is 1. The molecule has 0 fully saturated rings. The lowest BCUT2D eigenvalue weighted by Crippen LogP contribution is -2.13. The van der Waals surface area contributed by atoms with E-state index in [2.05, 4.69) is 21.1 Å². The van der Waals surface area contributed by atoms with Gasteiger partial charge in [-0.1, -0.05) is 17.3 Å². The molecule has 0 saturated carbocycles. The molecule has 0 spiro atoms. The summed E-state index contributed by atoms with van der Waals surface area (Å²) in [4.78, 5) is 1.12. The third-order valence-electron chi connectivity index (χ3n) is 2.64. The van der Waals surface area contributed by atoms with E-state index in [0.717, 1.165) is 20.7 Å². The Hall–Kier alpha value is -1.53. The zero-order valence-electron chi connectivity index (χ0n) is 10.3. The molecule has 3 N–H and O–H groups in total. The summed E-state index contributed by atoms with van der Waals surface area (Å²) >= 11 is 5.09. The standard InChI is InChI=1S/C13H13BrN2O2S/c1-8-2-3-9(13(15)16-17)6-11(8)18-7-12-10(14)4-5-19-12/h2-6,17H,7H2,1H3,(H2,15,16). The lowest BCUT2D eigenvalue weighted by Gasteiger charge is -2.10. The fraction of sp³-hybridized carbons (Fsp3) is 0.154. The number of nitrogens with zero attached hydrogens (tertiary/aromatic N) is 1. The predicted molar refractivity (Wildman–Crippen MR) is 80.0 cm³/mol. The van der Waals surface area contributed by atoms with Gasteiger partial charge in [-0.05, 0) is 45.9 Å². The Labute approximate surface area is 123 Å². The number of nitrogens with two attached hydrogens (primary N) is 1. The summed E-state index contributed by atoms with van der Waals surface area (Å²) in [7, 11) is 0. The van der Waals surface area contributed by atoms with Crippen molar-refractivity contribution >= 4 is 33.1 Å². The smallest absolute Gasteiger partial charge is 0.170 e. The molecule has 1 aromatic heterocycles.